The highest BCUT2D eigenvalue weighted by Gasteiger charge is 2.45. The van der Waals surface area contributed by atoms with Gasteiger partial charge in [-0.15, -0.1) is 0 Å². The van der Waals surface area contributed by atoms with Crippen molar-refractivity contribution in [1.82, 2.24) is 5.32 Å². The second-order valence-corrected chi connectivity index (χ2v) is 7.49. The Morgan fingerprint density at radius 3 is 2.06 bits per heavy atom. The average Bonchev–Trinajstić information content (AvgIpc) is 3.26. The zero-order valence-corrected chi connectivity index (χ0v) is 11.2. The lowest BCUT2D eigenvalue weighted by atomic mass is 9.83. The summed E-state index contributed by atoms with van der Waals surface area (Å²) in [5, 5.41) is 4.07. The van der Waals surface area contributed by atoms with Crippen LogP contribution in [0.25, 0.3) is 0 Å². The van der Waals surface area contributed by atoms with Gasteiger partial charge in [0.15, 0.2) is 0 Å². The summed E-state index contributed by atoms with van der Waals surface area (Å²) in [6.45, 7) is 2.49. The van der Waals surface area contributed by atoms with Crippen LogP contribution in [-0.4, -0.2) is 12.1 Å². The smallest absolute Gasteiger partial charge is 0.0126 e. The molecule has 4 unspecified atom stereocenters. The van der Waals surface area contributed by atoms with E-state index in [0.717, 1.165) is 41.7 Å². The molecule has 0 heterocycles. The van der Waals surface area contributed by atoms with Crippen LogP contribution >= 0.6 is 0 Å². The summed E-state index contributed by atoms with van der Waals surface area (Å²) in [6, 6.07) is 1.71. The third-order valence-electron chi connectivity index (χ3n) is 6.15. The van der Waals surface area contributed by atoms with E-state index >= 15 is 0 Å². The van der Waals surface area contributed by atoms with Gasteiger partial charge >= 0.3 is 0 Å². The quantitative estimate of drug-likeness (QED) is 0.765. The van der Waals surface area contributed by atoms with Gasteiger partial charge in [-0.25, -0.2) is 0 Å². The summed E-state index contributed by atoms with van der Waals surface area (Å²) >= 11 is 0. The molecule has 2 bridgehead atoms. The van der Waals surface area contributed by atoms with Gasteiger partial charge in [-0.3, -0.25) is 0 Å². The van der Waals surface area contributed by atoms with Crippen molar-refractivity contribution in [2.45, 2.75) is 70.4 Å². The van der Waals surface area contributed by atoms with Crippen molar-refractivity contribution in [3.8, 4) is 0 Å². The van der Waals surface area contributed by atoms with E-state index < -0.39 is 0 Å². The zero-order chi connectivity index (χ0) is 11.4. The number of fused-ring (bicyclic) bond motifs is 2. The number of hydrogen-bond acceptors (Lipinski definition) is 1. The van der Waals surface area contributed by atoms with Crippen LogP contribution in [0.1, 0.15) is 58.3 Å². The third kappa shape index (κ3) is 2.05. The number of nitrogens with one attached hydrogen (secondary N) is 1. The zero-order valence-electron chi connectivity index (χ0n) is 11.2. The summed E-state index contributed by atoms with van der Waals surface area (Å²) in [6.07, 6.45) is 12.2. The molecule has 4 aliphatic rings. The summed E-state index contributed by atoms with van der Waals surface area (Å²) in [7, 11) is 0. The fourth-order valence-corrected chi connectivity index (χ4v) is 4.90. The summed E-state index contributed by atoms with van der Waals surface area (Å²) in [5.74, 6) is 5.33. The molecule has 4 aliphatic carbocycles. The van der Waals surface area contributed by atoms with Gasteiger partial charge in [0.1, 0.15) is 0 Å². The van der Waals surface area contributed by atoms with E-state index in [9.17, 15) is 0 Å². The molecule has 0 saturated heterocycles. The van der Waals surface area contributed by atoms with Gasteiger partial charge in [-0.2, -0.15) is 0 Å². The standard InChI is InChI=1S/C16H27N/c1-10(15-9-11-2-3-14(15)8-11)17-16(12-4-5-12)13-6-7-13/h10-17H,2-9H2,1H3. The highest BCUT2D eigenvalue weighted by molar-refractivity contribution is 5.00. The van der Waals surface area contributed by atoms with Crippen molar-refractivity contribution < 1.29 is 0 Å². The Hall–Kier alpha value is -0.0400. The Morgan fingerprint density at radius 1 is 0.882 bits per heavy atom. The van der Waals surface area contributed by atoms with E-state index in [4.69, 9.17) is 0 Å². The molecule has 4 saturated carbocycles. The second kappa shape index (κ2) is 3.98. The molecular formula is C16H27N. The van der Waals surface area contributed by atoms with Gasteiger partial charge in [0.05, 0.1) is 0 Å². The molecule has 17 heavy (non-hydrogen) atoms. The molecule has 4 atom stereocenters. The summed E-state index contributed by atoms with van der Waals surface area (Å²) in [4.78, 5) is 0. The molecule has 1 nitrogen and oxygen atoms in total. The molecule has 1 heteroatoms. The predicted octanol–water partition coefficient (Wildman–Crippen LogP) is 3.59. The van der Waals surface area contributed by atoms with Crippen LogP contribution in [0.5, 0.6) is 0 Å². The first-order valence-corrected chi connectivity index (χ1v) is 8.07. The van der Waals surface area contributed by atoms with Gasteiger partial charge < -0.3 is 5.32 Å². The van der Waals surface area contributed by atoms with E-state index in [1.165, 1.54) is 25.7 Å². The average molecular weight is 233 g/mol. The fourth-order valence-electron chi connectivity index (χ4n) is 4.90. The van der Waals surface area contributed by atoms with Crippen molar-refractivity contribution in [3.05, 3.63) is 0 Å². The van der Waals surface area contributed by atoms with Crippen molar-refractivity contribution in [2.24, 2.45) is 29.6 Å². The van der Waals surface area contributed by atoms with Crippen LogP contribution < -0.4 is 5.32 Å². The topological polar surface area (TPSA) is 12.0 Å². The van der Waals surface area contributed by atoms with E-state index in [-0.39, 0.29) is 0 Å². The van der Waals surface area contributed by atoms with Crippen LogP contribution in [-0.2, 0) is 0 Å². The lowest BCUT2D eigenvalue weighted by Gasteiger charge is -2.32. The van der Waals surface area contributed by atoms with Gasteiger partial charge in [0.2, 0.25) is 0 Å². The monoisotopic (exact) mass is 233 g/mol. The van der Waals surface area contributed by atoms with E-state index in [0.29, 0.717) is 0 Å². The molecule has 0 radical (unpaired) electrons. The normalized spacial score (nSPS) is 42.4. The van der Waals surface area contributed by atoms with Gasteiger partial charge in [0, 0.05) is 12.1 Å². The van der Waals surface area contributed by atoms with Crippen LogP contribution in [0.2, 0.25) is 0 Å². The van der Waals surface area contributed by atoms with Gasteiger partial charge in [-0.05, 0) is 81.5 Å². The summed E-state index contributed by atoms with van der Waals surface area (Å²) in [5.41, 5.74) is 0. The van der Waals surface area contributed by atoms with Crippen LogP contribution in [0.4, 0.5) is 0 Å². The number of hydrogen-bond donors (Lipinski definition) is 1. The molecule has 4 fully saturated rings. The first-order chi connectivity index (χ1) is 8.31. The van der Waals surface area contributed by atoms with Crippen LogP contribution in [0.3, 0.4) is 0 Å². The Kier molecular flexibility index (Phi) is 2.54. The Balaban J connectivity index is 1.37. The first kappa shape index (κ1) is 10.8. The molecule has 0 spiro atoms. The molecule has 96 valence electrons. The van der Waals surface area contributed by atoms with E-state index in [1.54, 1.807) is 25.7 Å². The molecule has 0 amide bonds. The lowest BCUT2D eigenvalue weighted by Crippen LogP contribution is -2.44. The first-order valence-electron chi connectivity index (χ1n) is 8.07. The summed E-state index contributed by atoms with van der Waals surface area (Å²) < 4.78 is 0. The highest BCUT2D eigenvalue weighted by atomic mass is 15.0. The minimum absolute atomic E-state index is 0.802. The molecule has 1 N–H and O–H groups in total. The minimum Gasteiger partial charge on any atom is -0.311 e. The predicted molar refractivity (Wildman–Crippen MR) is 70.8 cm³/mol. The fraction of sp³-hybridized carbons (Fsp3) is 1.00. The van der Waals surface area contributed by atoms with Crippen molar-refractivity contribution >= 4 is 0 Å². The maximum Gasteiger partial charge on any atom is 0.0126 e. The maximum atomic E-state index is 4.07. The minimum atomic E-state index is 0.802. The Bertz CT molecular complexity index is 280. The molecule has 0 aliphatic heterocycles. The van der Waals surface area contributed by atoms with Crippen molar-refractivity contribution in [1.29, 1.82) is 0 Å². The van der Waals surface area contributed by atoms with E-state index in [1.807, 2.05) is 0 Å². The molecule has 0 aromatic heterocycles. The lowest BCUT2D eigenvalue weighted by molar-refractivity contribution is 0.230. The number of rotatable bonds is 5. The molecule has 0 aromatic rings. The largest absolute Gasteiger partial charge is 0.311 e. The molecule has 4 rings (SSSR count). The maximum absolute atomic E-state index is 4.07. The van der Waals surface area contributed by atoms with Crippen LogP contribution in [0.15, 0.2) is 0 Å². The molecule has 0 aromatic carbocycles. The van der Waals surface area contributed by atoms with Crippen molar-refractivity contribution in [2.75, 3.05) is 0 Å². The highest BCUT2D eigenvalue weighted by Crippen LogP contribution is 2.50. The van der Waals surface area contributed by atoms with E-state index in [2.05, 4.69) is 12.2 Å². The van der Waals surface area contributed by atoms with Gasteiger partial charge in [-0.1, -0.05) is 6.42 Å². The Morgan fingerprint density at radius 2 is 1.59 bits per heavy atom. The SMILES string of the molecule is CC(NC(C1CC1)C1CC1)C1CC2CCC1C2. The second-order valence-electron chi connectivity index (χ2n) is 7.49. The molecular weight excluding hydrogens is 206 g/mol. The Labute approximate surface area is 106 Å². The van der Waals surface area contributed by atoms with Crippen molar-refractivity contribution in [3.63, 3.8) is 0 Å². The van der Waals surface area contributed by atoms with Gasteiger partial charge in [0.25, 0.3) is 0 Å². The third-order valence-corrected chi connectivity index (χ3v) is 6.15. The van der Waals surface area contributed by atoms with Crippen LogP contribution in [0, 0.1) is 29.6 Å².